The maximum Gasteiger partial charge on any atom is 0.337 e. The van der Waals surface area contributed by atoms with Crippen LogP contribution in [0.5, 0.6) is 5.75 Å². The summed E-state index contributed by atoms with van der Waals surface area (Å²) in [5.41, 5.74) is 3.72. The van der Waals surface area contributed by atoms with Gasteiger partial charge in [0.15, 0.2) is 0 Å². The molecule has 0 aliphatic rings. The van der Waals surface area contributed by atoms with Crippen LogP contribution in [-0.4, -0.2) is 30.0 Å². The number of methoxy groups -OCH3 is 2. The Morgan fingerprint density at radius 2 is 2.00 bits per heavy atom. The van der Waals surface area contributed by atoms with Crippen molar-refractivity contribution in [1.82, 2.24) is 9.78 Å². The molecule has 0 aliphatic carbocycles. The number of aryl methyl sites for hydroxylation is 1. The minimum atomic E-state index is -0.347. The van der Waals surface area contributed by atoms with Crippen molar-refractivity contribution in [2.24, 2.45) is 0 Å². The molecule has 5 nitrogen and oxygen atoms in total. The molecule has 3 aromatic rings. The molecular formula is C18H18N2O3. The predicted molar refractivity (Wildman–Crippen MR) is 87.9 cm³/mol. The summed E-state index contributed by atoms with van der Waals surface area (Å²) in [6.07, 6.45) is 1.75. The van der Waals surface area contributed by atoms with Gasteiger partial charge < -0.3 is 9.47 Å². The highest BCUT2D eigenvalue weighted by molar-refractivity contribution is 5.94. The van der Waals surface area contributed by atoms with Crippen molar-refractivity contribution >= 4 is 16.9 Å². The van der Waals surface area contributed by atoms with Crippen LogP contribution in [0.2, 0.25) is 0 Å². The zero-order valence-corrected chi connectivity index (χ0v) is 13.4. The van der Waals surface area contributed by atoms with E-state index in [1.54, 1.807) is 25.4 Å². The van der Waals surface area contributed by atoms with Gasteiger partial charge >= 0.3 is 5.97 Å². The number of nitrogens with zero attached hydrogens (tertiary/aromatic N) is 2. The van der Waals surface area contributed by atoms with Gasteiger partial charge in [0.2, 0.25) is 0 Å². The number of carbonyl (C=O) groups is 1. The molecule has 0 fully saturated rings. The van der Waals surface area contributed by atoms with Gasteiger partial charge in [0.05, 0.1) is 38.0 Å². The number of carbonyl (C=O) groups excluding carboxylic acids is 1. The average Bonchev–Trinajstić information content (AvgIpc) is 2.96. The molecule has 23 heavy (non-hydrogen) atoms. The van der Waals surface area contributed by atoms with Gasteiger partial charge in [-0.25, -0.2) is 4.79 Å². The van der Waals surface area contributed by atoms with E-state index in [2.05, 4.69) is 11.2 Å². The Kier molecular flexibility index (Phi) is 4.02. The minimum Gasteiger partial charge on any atom is -0.496 e. The lowest BCUT2D eigenvalue weighted by Crippen LogP contribution is -2.04. The number of hydrogen-bond acceptors (Lipinski definition) is 4. The molecule has 1 aromatic heterocycles. The van der Waals surface area contributed by atoms with E-state index >= 15 is 0 Å². The van der Waals surface area contributed by atoms with E-state index in [1.807, 2.05) is 29.8 Å². The second-order valence-corrected chi connectivity index (χ2v) is 5.38. The number of benzene rings is 2. The molecule has 118 valence electrons. The van der Waals surface area contributed by atoms with E-state index in [0.717, 1.165) is 22.2 Å². The predicted octanol–water partition coefficient (Wildman–Crippen LogP) is 3.19. The van der Waals surface area contributed by atoms with Crippen molar-refractivity contribution in [2.75, 3.05) is 14.2 Å². The summed E-state index contributed by atoms with van der Waals surface area (Å²) >= 11 is 0. The van der Waals surface area contributed by atoms with Crippen LogP contribution in [0.3, 0.4) is 0 Å². The lowest BCUT2D eigenvalue weighted by Gasteiger charge is -2.10. The molecule has 0 saturated carbocycles. The van der Waals surface area contributed by atoms with Crippen molar-refractivity contribution in [3.05, 3.63) is 59.3 Å². The molecule has 0 atom stereocenters. The summed E-state index contributed by atoms with van der Waals surface area (Å²) in [6.45, 7) is 2.65. The minimum absolute atomic E-state index is 0.347. The molecule has 3 rings (SSSR count). The second kappa shape index (κ2) is 6.12. The quantitative estimate of drug-likeness (QED) is 0.695. The van der Waals surface area contributed by atoms with Crippen LogP contribution in [-0.2, 0) is 11.3 Å². The van der Waals surface area contributed by atoms with Gasteiger partial charge in [-0.2, -0.15) is 5.10 Å². The first kappa shape index (κ1) is 15.1. The van der Waals surface area contributed by atoms with Gasteiger partial charge in [-0.1, -0.05) is 17.7 Å². The fraction of sp³-hybridized carbons (Fsp3) is 0.222. The van der Waals surface area contributed by atoms with Crippen LogP contribution < -0.4 is 4.74 Å². The van der Waals surface area contributed by atoms with E-state index in [0.29, 0.717) is 12.1 Å². The Bertz CT molecular complexity index is 868. The summed E-state index contributed by atoms with van der Waals surface area (Å²) in [5.74, 6) is 0.491. The third-order valence-corrected chi connectivity index (χ3v) is 3.82. The zero-order chi connectivity index (χ0) is 16.4. The fourth-order valence-corrected chi connectivity index (χ4v) is 2.65. The summed E-state index contributed by atoms with van der Waals surface area (Å²) in [7, 11) is 3.04. The van der Waals surface area contributed by atoms with E-state index in [1.165, 1.54) is 12.7 Å². The Morgan fingerprint density at radius 3 is 2.74 bits per heavy atom. The van der Waals surface area contributed by atoms with Crippen LogP contribution >= 0.6 is 0 Å². The Labute approximate surface area is 134 Å². The Hall–Kier alpha value is -2.82. The maximum atomic E-state index is 11.6. The summed E-state index contributed by atoms with van der Waals surface area (Å²) in [6, 6.07) is 11.5. The van der Waals surface area contributed by atoms with E-state index in [4.69, 9.17) is 9.47 Å². The van der Waals surface area contributed by atoms with Crippen LogP contribution in [0.4, 0.5) is 0 Å². The molecule has 0 unspecified atom stereocenters. The van der Waals surface area contributed by atoms with E-state index < -0.39 is 0 Å². The van der Waals surface area contributed by atoms with Crippen LogP contribution in [0.1, 0.15) is 21.5 Å². The van der Waals surface area contributed by atoms with Gasteiger partial charge in [-0.15, -0.1) is 0 Å². The number of rotatable bonds is 4. The molecule has 0 saturated heterocycles. The number of aromatic nitrogens is 2. The third-order valence-electron chi connectivity index (χ3n) is 3.82. The highest BCUT2D eigenvalue weighted by atomic mass is 16.5. The summed E-state index contributed by atoms with van der Waals surface area (Å²) in [5, 5.41) is 5.33. The molecule has 1 heterocycles. The average molecular weight is 310 g/mol. The van der Waals surface area contributed by atoms with Gasteiger partial charge in [0, 0.05) is 10.9 Å². The van der Waals surface area contributed by atoms with Gasteiger partial charge in [-0.05, 0) is 31.2 Å². The van der Waals surface area contributed by atoms with E-state index in [9.17, 15) is 4.79 Å². The standard InChI is InChI=1S/C18H18N2O3/c1-12-4-7-17(22-2)15(8-12)11-20-16-6-5-13(18(21)23-3)9-14(16)10-19-20/h4-10H,11H2,1-3H3. The van der Waals surface area contributed by atoms with Gasteiger partial charge in [0.25, 0.3) is 0 Å². The van der Waals surface area contributed by atoms with Crippen molar-refractivity contribution < 1.29 is 14.3 Å². The smallest absolute Gasteiger partial charge is 0.337 e. The molecule has 0 N–H and O–H groups in total. The van der Waals surface area contributed by atoms with Crippen LogP contribution in [0, 0.1) is 6.92 Å². The molecule has 0 amide bonds. The molecule has 0 spiro atoms. The monoisotopic (exact) mass is 310 g/mol. The van der Waals surface area contributed by atoms with Gasteiger partial charge in [-0.3, -0.25) is 4.68 Å². The van der Waals surface area contributed by atoms with Crippen molar-refractivity contribution in [2.45, 2.75) is 13.5 Å². The maximum absolute atomic E-state index is 11.6. The van der Waals surface area contributed by atoms with E-state index in [-0.39, 0.29) is 5.97 Å². The highest BCUT2D eigenvalue weighted by Crippen LogP contribution is 2.23. The van der Waals surface area contributed by atoms with Crippen LogP contribution in [0.25, 0.3) is 10.9 Å². The lowest BCUT2D eigenvalue weighted by molar-refractivity contribution is 0.0601. The van der Waals surface area contributed by atoms with Crippen molar-refractivity contribution in [3.8, 4) is 5.75 Å². The first-order valence-electron chi connectivity index (χ1n) is 7.30. The molecule has 2 aromatic carbocycles. The number of fused-ring (bicyclic) bond motifs is 1. The molecule has 0 bridgehead atoms. The number of ether oxygens (including phenoxy) is 2. The number of esters is 1. The fourth-order valence-electron chi connectivity index (χ4n) is 2.65. The number of hydrogen-bond donors (Lipinski definition) is 0. The summed E-state index contributed by atoms with van der Waals surface area (Å²) < 4.78 is 12.1. The normalized spacial score (nSPS) is 10.7. The van der Waals surface area contributed by atoms with Gasteiger partial charge in [0.1, 0.15) is 5.75 Å². The highest BCUT2D eigenvalue weighted by Gasteiger charge is 2.11. The molecule has 5 heteroatoms. The zero-order valence-electron chi connectivity index (χ0n) is 13.4. The largest absolute Gasteiger partial charge is 0.496 e. The lowest BCUT2D eigenvalue weighted by atomic mass is 10.1. The molecule has 0 aliphatic heterocycles. The SMILES string of the molecule is COC(=O)c1ccc2c(cnn2Cc2cc(C)ccc2OC)c1. The molecular weight excluding hydrogens is 292 g/mol. The van der Waals surface area contributed by atoms with Crippen LogP contribution in [0.15, 0.2) is 42.6 Å². The van der Waals surface area contributed by atoms with Crippen molar-refractivity contribution in [1.29, 1.82) is 0 Å². The summed E-state index contributed by atoms with van der Waals surface area (Å²) in [4.78, 5) is 11.6. The first-order chi connectivity index (χ1) is 11.1. The topological polar surface area (TPSA) is 53.3 Å². The van der Waals surface area contributed by atoms with Crippen molar-refractivity contribution in [3.63, 3.8) is 0 Å². The second-order valence-electron chi connectivity index (χ2n) is 5.38. The third kappa shape index (κ3) is 2.90. The first-order valence-corrected chi connectivity index (χ1v) is 7.30. The Balaban J connectivity index is 1.98. The molecule has 0 radical (unpaired) electrons. The Morgan fingerprint density at radius 1 is 1.17 bits per heavy atom.